The number of guanidine groups is 1. The molecular weight excluding hydrogens is 200 g/mol. The van der Waals surface area contributed by atoms with Crippen LogP contribution in [0, 0.1) is 0 Å². The lowest BCUT2D eigenvalue weighted by atomic mass is 10.2. The van der Waals surface area contributed by atoms with Crippen LogP contribution in [0.3, 0.4) is 0 Å². The average molecular weight is 218 g/mol. The summed E-state index contributed by atoms with van der Waals surface area (Å²) in [5.41, 5.74) is 13.0. The van der Waals surface area contributed by atoms with Crippen LogP contribution in [0.1, 0.15) is 18.4 Å². The lowest BCUT2D eigenvalue weighted by molar-refractivity contribution is 0.949. The van der Waals surface area contributed by atoms with Crippen molar-refractivity contribution in [2.45, 2.75) is 19.4 Å². The summed E-state index contributed by atoms with van der Waals surface area (Å²) in [7, 11) is 0. The summed E-state index contributed by atoms with van der Waals surface area (Å²) in [6.45, 7) is 2.91. The second kappa shape index (κ2) is 4.88. The molecule has 0 saturated carbocycles. The van der Waals surface area contributed by atoms with E-state index in [0.717, 1.165) is 5.56 Å². The van der Waals surface area contributed by atoms with Gasteiger partial charge in [-0.15, -0.1) is 0 Å². The van der Waals surface area contributed by atoms with E-state index in [-0.39, 0.29) is 5.96 Å². The first-order valence-corrected chi connectivity index (χ1v) is 5.65. The standard InChI is InChI=1S/C12H18N4/c13-12(14)15-9-10-3-5-11(6-4-10)16-7-1-2-8-16/h3-6H,1-2,7-9H2,(H4,13,14,15). The van der Waals surface area contributed by atoms with Gasteiger partial charge in [0.05, 0.1) is 6.54 Å². The van der Waals surface area contributed by atoms with Gasteiger partial charge in [-0.1, -0.05) is 12.1 Å². The van der Waals surface area contributed by atoms with Crippen LogP contribution in [0.25, 0.3) is 0 Å². The van der Waals surface area contributed by atoms with Gasteiger partial charge in [-0.25, -0.2) is 4.99 Å². The molecule has 4 N–H and O–H groups in total. The number of hydrogen-bond acceptors (Lipinski definition) is 2. The molecule has 0 radical (unpaired) electrons. The van der Waals surface area contributed by atoms with Crippen molar-refractivity contribution >= 4 is 11.6 Å². The van der Waals surface area contributed by atoms with Gasteiger partial charge in [0.1, 0.15) is 0 Å². The van der Waals surface area contributed by atoms with Gasteiger partial charge >= 0.3 is 0 Å². The van der Waals surface area contributed by atoms with E-state index in [4.69, 9.17) is 11.5 Å². The zero-order valence-corrected chi connectivity index (χ0v) is 9.39. The van der Waals surface area contributed by atoms with E-state index in [1.807, 2.05) is 0 Å². The highest BCUT2D eigenvalue weighted by Crippen LogP contribution is 2.20. The molecule has 0 atom stereocenters. The van der Waals surface area contributed by atoms with E-state index in [2.05, 4.69) is 34.2 Å². The highest BCUT2D eigenvalue weighted by Gasteiger charge is 2.11. The Morgan fingerprint density at radius 3 is 2.31 bits per heavy atom. The Labute approximate surface area is 96.0 Å². The van der Waals surface area contributed by atoms with Crippen LogP contribution in [0.15, 0.2) is 29.3 Å². The van der Waals surface area contributed by atoms with Gasteiger partial charge in [0.2, 0.25) is 0 Å². The Morgan fingerprint density at radius 2 is 1.75 bits per heavy atom. The molecule has 1 aromatic rings. The van der Waals surface area contributed by atoms with Crippen LogP contribution in [-0.4, -0.2) is 19.0 Å². The SMILES string of the molecule is NC(N)=NCc1ccc(N2CCCC2)cc1. The van der Waals surface area contributed by atoms with Gasteiger partial charge in [0.25, 0.3) is 0 Å². The third kappa shape index (κ3) is 2.66. The van der Waals surface area contributed by atoms with E-state index in [9.17, 15) is 0 Å². The minimum Gasteiger partial charge on any atom is -0.372 e. The molecule has 1 heterocycles. The summed E-state index contributed by atoms with van der Waals surface area (Å²) < 4.78 is 0. The fourth-order valence-corrected chi connectivity index (χ4v) is 1.97. The van der Waals surface area contributed by atoms with Crippen LogP contribution in [0.4, 0.5) is 5.69 Å². The van der Waals surface area contributed by atoms with E-state index >= 15 is 0 Å². The van der Waals surface area contributed by atoms with E-state index in [1.54, 1.807) is 0 Å². The first-order valence-electron chi connectivity index (χ1n) is 5.65. The van der Waals surface area contributed by atoms with Crippen LogP contribution in [0.2, 0.25) is 0 Å². The molecule has 1 fully saturated rings. The highest BCUT2D eigenvalue weighted by molar-refractivity contribution is 5.75. The molecule has 86 valence electrons. The van der Waals surface area contributed by atoms with Crippen LogP contribution in [-0.2, 0) is 6.54 Å². The fourth-order valence-electron chi connectivity index (χ4n) is 1.97. The topological polar surface area (TPSA) is 67.6 Å². The highest BCUT2D eigenvalue weighted by atomic mass is 15.1. The quantitative estimate of drug-likeness (QED) is 0.589. The third-order valence-corrected chi connectivity index (χ3v) is 2.85. The number of aliphatic imine (C=N–C) groups is 1. The van der Waals surface area contributed by atoms with E-state index in [0.29, 0.717) is 6.54 Å². The minimum atomic E-state index is 0.142. The summed E-state index contributed by atoms with van der Waals surface area (Å²) in [6.07, 6.45) is 2.60. The van der Waals surface area contributed by atoms with Gasteiger partial charge in [-0.05, 0) is 30.5 Å². The zero-order chi connectivity index (χ0) is 11.4. The molecule has 2 rings (SSSR count). The van der Waals surface area contributed by atoms with Crippen LogP contribution in [0.5, 0.6) is 0 Å². The molecule has 0 spiro atoms. The number of nitrogens with two attached hydrogens (primary N) is 2. The average Bonchev–Trinajstić information content (AvgIpc) is 2.80. The van der Waals surface area contributed by atoms with Crippen molar-refractivity contribution in [3.05, 3.63) is 29.8 Å². The van der Waals surface area contributed by atoms with Crippen LogP contribution < -0.4 is 16.4 Å². The summed E-state index contributed by atoms with van der Waals surface area (Å²) in [4.78, 5) is 6.39. The van der Waals surface area contributed by atoms with Crippen molar-refractivity contribution in [3.63, 3.8) is 0 Å². The van der Waals surface area contributed by atoms with Gasteiger partial charge in [-0.3, -0.25) is 0 Å². The maximum atomic E-state index is 5.29. The summed E-state index contributed by atoms with van der Waals surface area (Å²) in [6, 6.07) is 8.45. The number of nitrogens with zero attached hydrogens (tertiary/aromatic N) is 2. The predicted molar refractivity (Wildman–Crippen MR) is 67.4 cm³/mol. The number of hydrogen-bond donors (Lipinski definition) is 2. The van der Waals surface area contributed by atoms with Crippen molar-refractivity contribution < 1.29 is 0 Å². The molecule has 0 aliphatic carbocycles. The van der Waals surface area contributed by atoms with Gasteiger partial charge < -0.3 is 16.4 Å². The smallest absolute Gasteiger partial charge is 0.186 e. The van der Waals surface area contributed by atoms with E-state index < -0.39 is 0 Å². The lowest BCUT2D eigenvalue weighted by Crippen LogP contribution is -2.22. The van der Waals surface area contributed by atoms with Crippen molar-refractivity contribution in [2.75, 3.05) is 18.0 Å². The first kappa shape index (κ1) is 10.8. The van der Waals surface area contributed by atoms with E-state index in [1.165, 1.54) is 31.6 Å². The fraction of sp³-hybridized carbons (Fsp3) is 0.417. The Kier molecular flexibility index (Phi) is 3.29. The second-order valence-corrected chi connectivity index (χ2v) is 4.10. The Hall–Kier alpha value is -1.71. The summed E-state index contributed by atoms with van der Waals surface area (Å²) in [5.74, 6) is 0.142. The third-order valence-electron chi connectivity index (χ3n) is 2.85. The van der Waals surface area contributed by atoms with Crippen molar-refractivity contribution in [1.29, 1.82) is 0 Å². The predicted octanol–water partition coefficient (Wildman–Crippen LogP) is 1.06. The molecule has 1 aliphatic heterocycles. The van der Waals surface area contributed by atoms with Crippen molar-refractivity contribution in [3.8, 4) is 0 Å². The molecule has 1 aliphatic rings. The molecule has 1 aromatic carbocycles. The lowest BCUT2D eigenvalue weighted by Gasteiger charge is -2.17. The monoisotopic (exact) mass is 218 g/mol. The molecule has 0 aromatic heterocycles. The van der Waals surface area contributed by atoms with Gasteiger partial charge in [0.15, 0.2) is 5.96 Å². The largest absolute Gasteiger partial charge is 0.372 e. The normalized spacial score (nSPS) is 15.1. The Bertz CT molecular complexity index is 359. The van der Waals surface area contributed by atoms with Crippen molar-refractivity contribution in [1.82, 2.24) is 0 Å². The molecule has 16 heavy (non-hydrogen) atoms. The van der Waals surface area contributed by atoms with Gasteiger partial charge in [0, 0.05) is 18.8 Å². The molecular formula is C12H18N4. The van der Waals surface area contributed by atoms with Gasteiger partial charge in [-0.2, -0.15) is 0 Å². The number of benzene rings is 1. The summed E-state index contributed by atoms with van der Waals surface area (Å²) in [5, 5.41) is 0. The second-order valence-electron chi connectivity index (χ2n) is 4.10. The first-order chi connectivity index (χ1) is 7.75. The minimum absolute atomic E-state index is 0.142. The maximum absolute atomic E-state index is 5.29. The molecule has 0 unspecified atom stereocenters. The molecule has 4 heteroatoms. The number of anilines is 1. The maximum Gasteiger partial charge on any atom is 0.186 e. The number of rotatable bonds is 3. The summed E-state index contributed by atoms with van der Waals surface area (Å²) >= 11 is 0. The Morgan fingerprint density at radius 1 is 1.12 bits per heavy atom. The zero-order valence-electron chi connectivity index (χ0n) is 9.39. The molecule has 0 amide bonds. The molecule has 1 saturated heterocycles. The Balaban J connectivity index is 2.01. The molecule has 4 nitrogen and oxygen atoms in total. The van der Waals surface area contributed by atoms with Crippen LogP contribution >= 0.6 is 0 Å². The van der Waals surface area contributed by atoms with Crippen molar-refractivity contribution in [2.24, 2.45) is 16.5 Å². The molecule has 0 bridgehead atoms.